The number of rotatable bonds is 2. The van der Waals surface area contributed by atoms with E-state index in [4.69, 9.17) is 9.47 Å². The second-order valence-electron chi connectivity index (χ2n) is 3.72. The van der Waals surface area contributed by atoms with Crippen molar-refractivity contribution >= 4 is 12.0 Å². The van der Waals surface area contributed by atoms with Crippen molar-refractivity contribution in [3.63, 3.8) is 0 Å². The number of imidazole rings is 1. The van der Waals surface area contributed by atoms with E-state index in [0.717, 1.165) is 0 Å². The molecule has 0 aliphatic carbocycles. The normalized spacial score (nSPS) is 31.9. The zero-order valence-corrected chi connectivity index (χ0v) is 9.18. The van der Waals surface area contributed by atoms with Gasteiger partial charge >= 0.3 is 6.09 Å². The number of carbonyl (C=O) groups excluding carboxylic acids is 1. The van der Waals surface area contributed by atoms with Crippen LogP contribution in [0.5, 0.6) is 0 Å². The Kier molecular flexibility index (Phi) is 3.77. The van der Waals surface area contributed by atoms with Gasteiger partial charge in [-0.05, 0) is 0 Å². The van der Waals surface area contributed by atoms with Crippen molar-refractivity contribution in [1.82, 2.24) is 9.97 Å². The van der Waals surface area contributed by atoms with Crippen LogP contribution in [0.15, 0.2) is 12.4 Å². The number of hydrogen-bond donors (Lipinski definition) is 5. The first-order valence-electron chi connectivity index (χ1n) is 5.20. The molecular formula is C9H13N3O6. The van der Waals surface area contributed by atoms with Gasteiger partial charge in [0.15, 0.2) is 0 Å². The molecule has 0 radical (unpaired) electrons. The van der Waals surface area contributed by atoms with Crippen LogP contribution in [0, 0.1) is 0 Å². The summed E-state index contributed by atoms with van der Waals surface area (Å²) in [7, 11) is 0. The first-order valence-corrected chi connectivity index (χ1v) is 5.20. The molecule has 2 rings (SSSR count). The summed E-state index contributed by atoms with van der Waals surface area (Å²) < 4.78 is 9.63. The van der Waals surface area contributed by atoms with Gasteiger partial charge in [0.2, 0.25) is 12.2 Å². The Balaban J connectivity index is 1.87. The number of H-pyrrole nitrogens is 1. The molecule has 18 heavy (non-hydrogen) atoms. The maximum atomic E-state index is 11.4. The summed E-state index contributed by atoms with van der Waals surface area (Å²) >= 11 is 0. The second kappa shape index (κ2) is 5.31. The molecule has 5 N–H and O–H groups in total. The van der Waals surface area contributed by atoms with Crippen LogP contribution in [0.2, 0.25) is 0 Å². The van der Waals surface area contributed by atoms with Crippen LogP contribution in [-0.2, 0) is 9.47 Å². The van der Waals surface area contributed by atoms with E-state index in [0.29, 0.717) is 0 Å². The summed E-state index contributed by atoms with van der Waals surface area (Å²) in [4.78, 5) is 17.7. The number of anilines is 1. The van der Waals surface area contributed by atoms with Gasteiger partial charge < -0.3 is 29.8 Å². The minimum absolute atomic E-state index is 0.172. The molecule has 0 spiro atoms. The molecular weight excluding hydrogens is 246 g/mol. The number of aromatic nitrogens is 2. The van der Waals surface area contributed by atoms with Crippen molar-refractivity contribution in [1.29, 1.82) is 0 Å². The third-order valence-corrected chi connectivity index (χ3v) is 2.40. The lowest BCUT2D eigenvalue weighted by molar-refractivity contribution is -0.249. The quantitative estimate of drug-likeness (QED) is 0.431. The van der Waals surface area contributed by atoms with Gasteiger partial charge in [-0.15, -0.1) is 0 Å². The van der Waals surface area contributed by atoms with E-state index < -0.39 is 30.7 Å². The topological polar surface area (TPSA) is 137 Å². The fraction of sp³-hybridized carbons (Fsp3) is 0.556. The first kappa shape index (κ1) is 12.8. The molecule has 0 aromatic carbocycles. The zero-order valence-electron chi connectivity index (χ0n) is 9.18. The summed E-state index contributed by atoms with van der Waals surface area (Å²) in [5.74, 6) is 0.172. The Labute approximate surface area is 101 Å². The highest BCUT2D eigenvalue weighted by Crippen LogP contribution is 2.17. The summed E-state index contributed by atoms with van der Waals surface area (Å²) in [5, 5.41) is 30.3. The number of hydrogen-bond acceptors (Lipinski definition) is 7. The van der Waals surface area contributed by atoms with Gasteiger partial charge in [0.25, 0.3) is 0 Å². The zero-order chi connectivity index (χ0) is 13.1. The smallest absolute Gasteiger partial charge is 0.416 e. The third kappa shape index (κ3) is 2.76. The predicted molar refractivity (Wildman–Crippen MR) is 56.5 cm³/mol. The monoisotopic (exact) mass is 259 g/mol. The highest BCUT2D eigenvalue weighted by molar-refractivity contribution is 5.82. The van der Waals surface area contributed by atoms with E-state index in [1.165, 1.54) is 12.4 Å². The number of aliphatic hydroxyl groups is 3. The molecule has 1 aliphatic heterocycles. The van der Waals surface area contributed by atoms with Crippen molar-refractivity contribution in [3.05, 3.63) is 12.4 Å². The number of aromatic amines is 1. The summed E-state index contributed by atoms with van der Waals surface area (Å²) in [6.07, 6.45) is -3.48. The van der Waals surface area contributed by atoms with Gasteiger partial charge in [-0.25, -0.2) is 9.78 Å². The second-order valence-corrected chi connectivity index (χ2v) is 3.72. The van der Waals surface area contributed by atoms with E-state index in [1.54, 1.807) is 0 Å². The molecule has 1 unspecified atom stereocenters. The number of carbonyl (C=O) groups is 1. The van der Waals surface area contributed by atoms with Crippen molar-refractivity contribution in [3.8, 4) is 0 Å². The van der Waals surface area contributed by atoms with Crippen LogP contribution in [-0.4, -0.2) is 62.6 Å². The van der Waals surface area contributed by atoms with Gasteiger partial charge in [0.1, 0.15) is 18.3 Å². The maximum Gasteiger partial charge on any atom is 0.416 e. The minimum atomic E-state index is -1.52. The SMILES string of the molecule is O=C(Nc1ncc[nH]1)OC1OC[C@@H](O)[C@@H](O)[C@H]1O. The molecule has 1 aromatic heterocycles. The fourth-order valence-electron chi connectivity index (χ4n) is 1.45. The molecule has 0 saturated carbocycles. The van der Waals surface area contributed by atoms with Crippen molar-refractivity contribution in [2.75, 3.05) is 11.9 Å². The number of ether oxygens (including phenoxy) is 2. The van der Waals surface area contributed by atoms with E-state index in [-0.39, 0.29) is 12.6 Å². The fourth-order valence-corrected chi connectivity index (χ4v) is 1.45. The van der Waals surface area contributed by atoms with Crippen molar-refractivity contribution < 1.29 is 29.6 Å². The Bertz CT molecular complexity index is 397. The molecule has 9 nitrogen and oxygen atoms in total. The van der Waals surface area contributed by atoms with Gasteiger partial charge in [0, 0.05) is 12.4 Å². The molecule has 9 heteroatoms. The van der Waals surface area contributed by atoms with Gasteiger partial charge in [-0.1, -0.05) is 0 Å². The first-order chi connectivity index (χ1) is 8.58. The van der Waals surface area contributed by atoms with Crippen LogP contribution in [0.25, 0.3) is 0 Å². The van der Waals surface area contributed by atoms with Gasteiger partial charge in [-0.3, -0.25) is 5.32 Å². The number of amides is 1. The molecule has 1 aliphatic rings. The van der Waals surface area contributed by atoms with Crippen LogP contribution in [0.3, 0.4) is 0 Å². The molecule has 1 aromatic rings. The van der Waals surface area contributed by atoms with Crippen molar-refractivity contribution in [2.45, 2.75) is 24.6 Å². The molecule has 2 heterocycles. The Morgan fingerprint density at radius 1 is 1.50 bits per heavy atom. The van der Waals surface area contributed by atoms with Gasteiger partial charge in [0.05, 0.1) is 6.61 Å². The maximum absolute atomic E-state index is 11.4. The molecule has 1 amide bonds. The van der Waals surface area contributed by atoms with E-state index in [9.17, 15) is 20.1 Å². The highest BCUT2D eigenvalue weighted by Gasteiger charge is 2.39. The largest absolute Gasteiger partial charge is 0.416 e. The molecule has 100 valence electrons. The van der Waals surface area contributed by atoms with E-state index >= 15 is 0 Å². The Morgan fingerprint density at radius 3 is 2.94 bits per heavy atom. The van der Waals surface area contributed by atoms with Crippen LogP contribution >= 0.6 is 0 Å². The van der Waals surface area contributed by atoms with Gasteiger partial charge in [-0.2, -0.15) is 0 Å². The summed E-state index contributed by atoms with van der Waals surface area (Å²) in [5.41, 5.74) is 0. The lowest BCUT2D eigenvalue weighted by Crippen LogP contribution is -2.54. The minimum Gasteiger partial charge on any atom is -0.416 e. The van der Waals surface area contributed by atoms with Crippen LogP contribution in [0.1, 0.15) is 0 Å². The molecule has 1 fully saturated rings. The lowest BCUT2D eigenvalue weighted by Gasteiger charge is -2.34. The molecule has 4 atom stereocenters. The van der Waals surface area contributed by atoms with Crippen molar-refractivity contribution in [2.24, 2.45) is 0 Å². The van der Waals surface area contributed by atoms with E-state index in [2.05, 4.69) is 15.3 Å². The number of nitrogens with one attached hydrogen (secondary N) is 2. The number of aliphatic hydroxyl groups excluding tert-OH is 3. The average molecular weight is 259 g/mol. The summed E-state index contributed by atoms with van der Waals surface area (Å²) in [6.45, 7) is -0.239. The third-order valence-electron chi connectivity index (χ3n) is 2.40. The van der Waals surface area contributed by atoms with E-state index in [1.807, 2.05) is 0 Å². The molecule has 1 saturated heterocycles. The Morgan fingerprint density at radius 2 is 2.28 bits per heavy atom. The highest BCUT2D eigenvalue weighted by atomic mass is 16.7. The lowest BCUT2D eigenvalue weighted by atomic mass is 10.1. The summed E-state index contributed by atoms with van der Waals surface area (Å²) in [6, 6.07) is 0. The predicted octanol–water partition coefficient (Wildman–Crippen LogP) is -1.60. The average Bonchev–Trinajstić information content (AvgIpc) is 2.83. The Hall–Kier alpha value is -1.68. The number of nitrogens with zero attached hydrogens (tertiary/aromatic N) is 1. The van der Waals surface area contributed by atoms with Crippen LogP contribution in [0.4, 0.5) is 10.7 Å². The van der Waals surface area contributed by atoms with Crippen LogP contribution < -0.4 is 5.32 Å². The molecule has 0 bridgehead atoms. The standard InChI is InChI=1S/C9H13N3O6/c13-4-3-17-7(6(15)5(4)14)18-9(16)12-8-10-1-2-11-8/h1-2,4-7,13-15H,3H2,(H2,10,11,12,16)/t4-,5-,6-,7?/m1/s1.